The minimum atomic E-state index is -0.874. The maximum atomic E-state index is 11.7. The third-order valence-electron chi connectivity index (χ3n) is 6.52. The molecule has 2 aromatic rings. The third-order valence-corrected chi connectivity index (χ3v) is 6.62. The van der Waals surface area contributed by atoms with Crippen LogP contribution in [-0.4, -0.2) is 47.8 Å². The molecule has 1 aromatic carbocycles. The number of carbonyl (C=O) groups excluding carboxylic acids is 1. The Bertz CT molecular complexity index is 1430. The van der Waals surface area contributed by atoms with Gasteiger partial charge in [-0.3, -0.25) is 9.79 Å². The van der Waals surface area contributed by atoms with Crippen LogP contribution in [0.3, 0.4) is 0 Å². The van der Waals surface area contributed by atoms with E-state index in [0.29, 0.717) is 23.9 Å². The van der Waals surface area contributed by atoms with Gasteiger partial charge in [-0.25, -0.2) is 4.98 Å². The Labute approximate surface area is 253 Å². The monoisotopic (exact) mass is 587 g/mol. The first-order chi connectivity index (χ1) is 20.3. The van der Waals surface area contributed by atoms with Gasteiger partial charge in [-0.05, 0) is 80.8 Å². The number of carboxylic acids is 1. The summed E-state index contributed by atoms with van der Waals surface area (Å²) in [6, 6.07) is 11.1. The highest BCUT2D eigenvalue weighted by molar-refractivity contribution is 6.29. The zero-order valence-corrected chi connectivity index (χ0v) is 25.3. The molecular weight excluding hydrogens is 550 g/mol. The van der Waals surface area contributed by atoms with Crippen LogP contribution in [0.25, 0.3) is 0 Å². The molecule has 0 bridgehead atoms. The highest BCUT2D eigenvalue weighted by Gasteiger charge is 2.18. The number of anilines is 3. The molecule has 8 nitrogen and oxygen atoms in total. The standard InChI is InChI=1S/C33H38ClN5O3/c1-5-10-27(32-36-23-26(6-2)29(37-32)21-24(4)34)11-9-18-38(19-20-40)30-12-8-17-35-33(30)39(7-3)28-15-13-25(14-16-28)22-31(41)42/h5,8-18,20-21H,6-7,19,22-23H2,1-4H3,(H,36,37)(H,41,42)/b10-5-,18-9+,24-21+,27-11+. The molecule has 0 saturated carbocycles. The number of nitrogens with one attached hydrogen (secondary N) is 1. The van der Waals surface area contributed by atoms with Crippen molar-refractivity contribution < 1.29 is 14.7 Å². The maximum Gasteiger partial charge on any atom is 0.307 e. The molecule has 1 aliphatic heterocycles. The Balaban J connectivity index is 1.93. The van der Waals surface area contributed by atoms with E-state index in [1.165, 1.54) is 5.57 Å². The predicted octanol–water partition coefficient (Wildman–Crippen LogP) is 6.70. The minimum absolute atomic E-state index is 0.0375. The van der Waals surface area contributed by atoms with Crippen molar-refractivity contribution in [2.75, 3.05) is 29.4 Å². The van der Waals surface area contributed by atoms with Crippen LogP contribution < -0.4 is 15.1 Å². The van der Waals surface area contributed by atoms with Gasteiger partial charge in [0.1, 0.15) is 12.1 Å². The quantitative estimate of drug-likeness (QED) is 0.187. The zero-order valence-electron chi connectivity index (χ0n) is 24.5. The number of carbonyl (C=O) groups is 2. The third kappa shape index (κ3) is 8.78. The van der Waals surface area contributed by atoms with Crippen LogP contribution in [0.4, 0.5) is 17.2 Å². The molecule has 0 fully saturated rings. The number of aliphatic imine (C=N–C) groups is 1. The lowest BCUT2D eigenvalue weighted by atomic mass is 10.1. The van der Waals surface area contributed by atoms with Crippen molar-refractivity contribution in [3.05, 3.63) is 107 Å². The Morgan fingerprint density at radius 2 is 1.95 bits per heavy atom. The zero-order chi connectivity index (χ0) is 30.5. The van der Waals surface area contributed by atoms with Gasteiger partial charge >= 0.3 is 5.97 Å². The van der Waals surface area contributed by atoms with Crippen LogP contribution in [0.1, 0.15) is 39.7 Å². The number of pyridine rings is 1. The first kappa shape index (κ1) is 32.1. The lowest BCUT2D eigenvalue weighted by Gasteiger charge is -2.28. The van der Waals surface area contributed by atoms with Crippen molar-refractivity contribution in [1.29, 1.82) is 0 Å². The number of aromatic nitrogens is 1. The number of rotatable bonds is 14. The summed E-state index contributed by atoms with van der Waals surface area (Å²) in [4.78, 5) is 36.1. The second-order valence-corrected chi connectivity index (χ2v) is 10.1. The average molecular weight is 588 g/mol. The number of hydrogen-bond donors (Lipinski definition) is 2. The van der Waals surface area contributed by atoms with Gasteiger partial charge in [-0.1, -0.05) is 42.8 Å². The van der Waals surface area contributed by atoms with Gasteiger partial charge in [0.05, 0.1) is 25.2 Å². The fourth-order valence-electron chi connectivity index (χ4n) is 4.52. The minimum Gasteiger partial charge on any atom is -0.481 e. The fraction of sp³-hybridized carbons (Fsp3) is 0.273. The smallest absolute Gasteiger partial charge is 0.307 e. The first-order valence-electron chi connectivity index (χ1n) is 13.9. The van der Waals surface area contributed by atoms with E-state index in [1.54, 1.807) is 6.20 Å². The van der Waals surface area contributed by atoms with Gasteiger partial charge in [0, 0.05) is 40.9 Å². The topological polar surface area (TPSA) is 98.1 Å². The largest absolute Gasteiger partial charge is 0.481 e. The summed E-state index contributed by atoms with van der Waals surface area (Å²) in [6.07, 6.45) is 14.9. The summed E-state index contributed by atoms with van der Waals surface area (Å²) >= 11 is 6.18. The maximum absolute atomic E-state index is 11.7. The van der Waals surface area contributed by atoms with Crippen LogP contribution in [0.2, 0.25) is 0 Å². The predicted molar refractivity (Wildman–Crippen MR) is 173 cm³/mol. The second-order valence-electron chi connectivity index (χ2n) is 9.50. The number of carboxylic acid groups (broad SMARTS) is 1. The van der Waals surface area contributed by atoms with Crippen LogP contribution >= 0.6 is 11.6 Å². The summed E-state index contributed by atoms with van der Waals surface area (Å²) < 4.78 is 0. The number of allylic oxidation sites excluding steroid dienone is 5. The van der Waals surface area contributed by atoms with E-state index in [4.69, 9.17) is 21.7 Å². The molecule has 2 N–H and O–H groups in total. The summed E-state index contributed by atoms with van der Waals surface area (Å²) in [5.41, 5.74) is 5.38. The highest BCUT2D eigenvalue weighted by atomic mass is 35.5. The van der Waals surface area contributed by atoms with Crippen molar-refractivity contribution >= 4 is 46.9 Å². The summed E-state index contributed by atoms with van der Waals surface area (Å²) in [5.74, 6) is 0.548. The van der Waals surface area contributed by atoms with Gasteiger partial charge in [-0.15, -0.1) is 0 Å². The van der Waals surface area contributed by atoms with E-state index in [-0.39, 0.29) is 13.0 Å². The van der Waals surface area contributed by atoms with E-state index in [2.05, 4.69) is 17.2 Å². The van der Waals surface area contributed by atoms with Gasteiger partial charge < -0.3 is 25.0 Å². The molecule has 9 heteroatoms. The van der Waals surface area contributed by atoms with Crippen molar-refractivity contribution in [3.63, 3.8) is 0 Å². The van der Waals surface area contributed by atoms with Crippen LogP contribution in [-0.2, 0) is 16.0 Å². The van der Waals surface area contributed by atoms with Crippen molar-refractivity contribution in [2.24, 2.45) is 4.99 Å². The summed E-state index contributed by atoms with van der Waals surface area (Å²) in [5, 5.41) is 13.2. The highest BCUT2D eigenvalue weighted by Crippen LogP contribution is 2.32. The Morgan fingerprint density at radius 3 is 2.57 bits per heavy atom. The number of aldehydes is 1. The lowest BCUT2D eigenvalue weighted by molar-refractivity contribution is -0.136. The van der Waals surface area contributed by atoms with Gasteiger partial charge in [0.2, 0.25) is 0 Å². The van der Waals surface area contributed by atoms with E-state index < -0.39 is 5.97 Å². The lowest BCUT2D eigenvalue weighted by Crippen LogP contribution is -2.29. The van der Waals surface area contributed by atoms with Crippen LogP contribution in [0, 0.1) is 0 Å². The molecule has 0 amide bonds. The molecule has 0 radical (unpaired) electrons. The molecular formula is C33H38ClN5O3. The fourth-order valence-corrected chi connectivity index (χ4v) is 4.63. The molecule has 0 aliphatic carbocycles. The van der Waals surface area contributed by atoms with Crippen molar-refractivity contribution in [2.45, 2.75) is 40.5 Å². The van der Waals surface area contributed by atoms with Gasteiger partial charge in [0.15, 0.2) is 5.82 Å². The molecule has 3 rings (SSSR count). The number of nitrogens with zero attached hydrogens (tertiary/aromatic N) is 4. The molecule has 0 unspecified atom stereocenters. The van der Waals surface area contributed by atoms with E-state index in [0.717, 1.165) is 46.8 Å². The van der Waals surface area contributed by atoms with Crippen molar-refractivity contribution in [3.8, 4) is 0 Å². The van der Waals surface area contributed by atoms with Crippen LogP contribution in [0.5, 0.6) is 0 Å². The normalized spacial score (nSPS) is 14.3. The molecule has 220 valence electrons. The first-order valence-corrected chi connectivity index (χ1v) is 14.3. The number of halogens is 1. The summed E-state index contributed by atoms with van der Waals surface area (Å²) in [7, 11) is 0. The number of benzene rings is 1. The molecule has 0 spiro atoms. The molecule has 0 saturated heterocycles. The number of hydrogen-bond acceptors (Lipinski definition) is 7. The Morgan fingerprint density at radius 1 is 1.19 bits per heavy atom. The second kappa shape index (κ2) is 16.1. The SMILES string of the molecule is C\C=C/C(=C\C=C\N(CC=O)c1cccnc1N(CC)c1ccc(CC(=O)O)cc1)C1=NCC(CC)=C(/C=C(\C)Cl)N1. The van der Waals surface area contributed by atoms with Crippen LogP contribution in [0.15, 0.2) is 106 Å². The van der Waals surface area contributed by atoms with Crippen molar-refractivity contribution in [1.82, 2.24) is 10.3 Å². The Hall–Kier alpha value is -4.43. The van der Waals surface area contributed by atoms with E-state index in [1.807, 2.05) is 104 Å². The Kier molecular flexibility index (Phi) is 12.3. The van der Waals surface area contributed by atoms with E-state index in [9.17, 15) is 9.59 Å². The molecule has 2 heterocycles. The summed E-state index contributed by atoms with van der Waals surface area (Å²) in [6.45, 7) is 9.25. The van der Waals surface area contributed by atoms with Gasteiger partial charge in [-0.2, -0.15) is 0 Å². The molecule has 1 aromatic heterocycles. The van der Waals surface area contributed by atoms with E-state index >= 15 is 0 Å². The number of amidine groups is 1. The molecule has 1 aliphatic rings. The average Bonchev–Trinajstić information content (AvgIpc) is 2.97. The number of aliphatic carboxylic acids is 1. The molecule has 42 heavy (non-hydrogen) atoms. The van der Waals surface area contributed by atoms with Gasteiger partial charge in [0.25, 0.3) is 0 Å². The molecule has 0 atom stereocenters.